The van der Waals surface area contributed by atoms with Crippen molar-refractivity contribution in [1.82, 2.24) is 4.90 Å². The van der Waals surface area contributed by atoms with E-state index in [0.29, 0.717) is 12.5 Å². The molecule has 1 aliphatic rings. The quantitative estimate of drug-likeness (QED) is 0.597. The van der Waals surface area contributed by atoms with E-state index >= 15 is 0 Å². The van der Waals surface area contributed by atoms with Gasteiger partial charge in [0, 0.05) is 0 Å². The maximum Gasteiger partial charge on any atom is 0.229 e. The first kappa shape index (κ1) is 13.4. The number of benzene rings is 1. The minimum absolute atomic E-state index is 0.0633. The zero-order valence-corrected chi connectivity index (χ0v) is 11.4. The molecule has 1 saturated heterocycles. The lowest BCUT2D eigenvalue weighted by Crippen LogP contribution is -2.61. The van der Waals surface area contributed by atoms with E-state index < -0.39 is 0 Å². The van der Waals surface area contributed by atoms with Crippen LogP contribution in [0.2, 0.25) is 0 Å². The number of carbonyl (C=O) groups is 1. The van der Waals surface area contributed by atoms with Crippen molar-refractivity contribution in [3.05, 3.63) is 42.0 Å². The Morgan fingerprint density at radius 1 is 1.37 bits per heavy atom. The molecule has 1 heterocycles. The topological polar surface area (TPSA) is 20.3 Å². The normalized spacial score (nSPS) is 22.6. The van der Waals surface area contributed by atoms with Crippen LogP contribution in [-0.2, 0) is 4.79 Å². The number of rotatable bonds is 4. The van der Waals surface area contributed by atoms with Gasteiger partial charge in [-0.3, -0.25) is 4.79 Å². The lowest BCUT2D eigenvalue weighted by molar-refractivity contribution is -0.154. The molecule has 19 heavy (non-hydrogen) atoms. The molecule has 0 bridgehead atoms. The Kier molecular flexibility index (Phi) is 4.06. The van der Waals surface area contributed by atoms with Gasteiger partial charge in [-0.2, -0.15) is 0 Å². The standard InChI is InChI=1S/C17H19NO/c1-4-12-18-15(16(13(2)3)17(18)19)11-10-14-8-6-5-7-9-14/h1,5-11,13,15-16H,12H2,2-3H3/b11-10+/t15-,16-/m1/s1. The molecule has 1 amide bonds. The predicted octanol–water partition coefficient (Wildman–Crippen LogP) is 2.82. The van der Waals surface area contributed by atoms with Crippen molar-refractivity contribution in [2.75, 3.05) is 6.54 Å². The van der Waals surface area contributed by atoms with E-state index in [1.165, 1.54) is 0 Å². The van der Waals surface area contributed by atoms with Crippen molar-refractivity contribution in [1.29, 1.82) is 0 Å². The van der Waals surface area contributed by atoms with E-state index in [4.69, 9.17) is 6.42 Å². The first-order chi connectivity index (χ1) is 9.15. The van der Waals surface area contributed by atoms with E-state index in [0.717, 1.165) is 5.56 Å². The summed E-state index contributed by atoms with van der Waals surface area (Å²) in [7, 11) is 0. The molecule has 1 aliphatic heterocycles. The molecule has 0 aromatic heterocycles. The fraction of sp³-hybridized carbons (Fsp3) is 0.353. The van der Waals surface area contributed by atoms with Crippen molar-refractivity contribution < 1.29 is 4.79 Å². The van der Waals surface area contributed by atoms with Crippen LogP contribution >= 0.6 is 0 Å². The van der Waals surface area contributed by atoms with Crippen LogP contribution in [0.1, 0.15) is 19.4 Å². The summed E-state index contributed by atoms with van der Waals surface area (Å²) in [6, 6.07) is 10.2. The van der Waals surface area contributed by atoms with Gasteiger partial charge in [0.15, 0.2) is 0 Å². The van der Waals surface area contributed by atoms with Crippen LogP contribution in [0.15, 0.2) is 36.4 Å². The highest BCUT2D eigenvalue weighted by molar-refractivity contribution is 5.87. The molecule has 0 radical (unpaired) electrons. The van der Waals surface area contributed by atoms with Crippen LogP contribution in [-0.4, -0.2) is 23.4 Å². The molecule has 1 fully saturated rings. The summed E-state index contributed by atoms with van der Waals surface area (Å²) >= 11 is 0. The number of terminal acetylenes is 1. The first-order valence-electron chi connectivity index (χ1n) is 6.62. The molecule has 98 valence electrons. The second kappa shape index (κ2) is 5.75. The molecular formula is C17H19NO. The Hall–Kier alpha value is -2.01. The van der Waals surface area contributed by atoms with Crippen LogP contribution in [0.3, 0.4) is 0 Å². The Bertz CT molecular complexity index is 510. The lowest BCUT2D eigenvalue weighted by Gasteiger charge is -2.47. The Balaban J connectivity index is 2.14. The molecule has 0 spiro atoms. The summed E-state index contributed by atoms with van der Waals surface area (Å²) in [5.74, 6) is 3.14. The van der Waals surface area contributed by atoms with Gasteiger partial charge in [-0.15, -0.1) is 6.42 Å². The lowest BCUT2D eigenvalue weighted by atomic mass is 9.78. The Morgan fingerprint density at radius 3 is 2.63 bits per heavy atom. The number of carbonyl (C=O) groups excluding carboxylic acids is 1. The van der Waals surface area contributed by atoms with Crippen LogP contribution in [0.5, 0.6) is 0 Å². The summed E-state index contributed by atoms with van der Waals surface area (Å²) in [4.78, 5) is 13.8. The number of amides is 1. The third-order valence-electron chi connectivity index (χ3n) is 3.56. The smallest absolute Gasteiger partial charge is 0.229 e. The Morgan fingerprint density at radius 2 is 2.05 bits per heavy atom. The highest BCUT2D eigenvalue weighted by Crippen LogP contribution is 2.33. The maximum atomic E-state index is 12.0. The summed E-state index contributed by atoms with van der Waals surface area (Å²) in [6.45, 7) is 4.56. The fourth-order valence-corrected chi connectivity index (χ4v) is 2.55. The molecule has 0 unspecified atom stereocenters. The Labute approximate surface area is 115 Å². The number of nitrogens with zero attached hydrogens (tertiary/aromatic N) is 1. The summed E-state index contributed by atoms with van der Waals surface area (Å²) < 4.78 is 0. The third kappa shape index (κ3) is 2.71. The van der Waals surface area contributed by atoms with Crippen molar-refractivity contribution in [3.63, 3.8) is 0 Å². The van der Waals surface area contributed by atoms with E-state index in [9.17, 15) is 4.79 Å². The van der Waals surface area contributed by atoms with Crippen molar-refractivity contribution in [3.8, 4) is 12.3 Å². The van der Waals surface area contributed by atoms with E-state index in [1.807, 2.05) is 30.3 Å². The molecule has 0 saturated carbocycles. The molecule has 0 N–H and O–H groups in total. The highest BCUT2D eigenvalue weighted by Gasteiger charge is 2.46. The third-order valence-corrected chi connectivity index (χ3v) is 3.56. The predicted molar refractivity (Wildman–Crippen MR) is 78.1 cm³/mol. The molecule has 2 nitrogen and oxygen atoms in total. The van der Waals surface area contributed by atoms with Gasteiger partial charge in [-0.1, -0.05) is 62.3 Å². The van der Waals surface area contributed by atoms with Crippen molar-refractivity contribution >= 4 is 12.0 Å². The molecule has 1 aromatic rings. The fourth-order valence-electron chi connectivity index (χ4n) is 2.55. The minimum atomic E-state index is 0.0633. The molecule has 2 rings (SSSR count). The maximum absolute atomic E-state index is 12.0. The van der Waals surface area contributed by atoms with Gasteiger partial charge in [-0.25, -0.2) is 0 Å². The van der Waals surface area contributed by atoms with Crippen LogP contribution in [0, 0.1) is 24.2 Å². The van der Waals surface area contributed by atoms with Gasteiger partial charge >= 0.3 is 0 Å². The summed E-state index contributed by atoms with van der Waals surface area (Å²) in [5.41, 5.74) is 1.14. The SMILES string of the molecule is C#CCN1C(=O)[C@H](C(C)C)[C@H]1/C=C/c1ccccc1. The average Bonchev–Trinajstić information content (AvgIpc) is 2.41. The van der Waals surface area contributed by atoms with Gasteiger partial charge < -0.3 is 4.90 Å². The molecule has 2 atom stereocenters. The van der Waals surface area contributed by atoms with E-state index in [1.54, 1.807) is 4.90 Å². The van der Waals surface area contributed by atoms with Crippen LogP contribution in [0.25, 0.3) is 6.08 Å². The zero-order valence-electron chi connectivity index (χ0n) is 11.4. The van der Waals surface area contributed by atoms with E-state index in [-0.39, 0.29) is 17.9 Å². The molecule has 1 aromatic carbocycles. The van der Waals surface area contributed by atoms with Gasteiger partial charge in [0.2, 0.25) is 5.91 Å². The van der Waals surface area contributed by atoms with Crippen LogP contribution < -0.4 is 0 Å². The van der Waals surface area contributed by atoms with Gasteiger partial charge in [0.05, 0.1) is 18.5 Å². The van der Waals surface area contributed by atoms with Crippen LogP contribution in [0.4, 0.5) is 0 Å². The summed E-state index contributed by atoms with van der Waals surface area (Å²) in [5, 5.41) is 0. The highest BCUT2D eigenvalue weighted by atomic mass is 16.2. The monoisotopic (exact) mass is 253 g/mol. The van der Waals surface area contributed by atoms with Gasteiger partial charge in [0.25, 0.3) is 0 Å². The van der Waals surface area contributed by atoms with Crippen molar-refractivity contribution in [2.24, 2.45) is 11.8 Å². The second-order valence-electron chi connectivity index (χ2n) is 5.20. The molecule has 0 aliphatic carbocycles. The number of β-lactam (4-membered cyclic amide) rings is 1. The van der Waals surface area contributed by atoms with Gasteiger partial charge in [-0.05, 0) is 11.5 Å². The number of hydrogen-bond donors (Lipinski definition) is 0. The molecular weight excluding hydrogens is 234 g/mol. The largest absolute Gasteiger partial charge is 0.324 e. The van der Waals surface area contributed by atoms with Crippen molar-refractivity contribution in [2.45, 2.75) is 19.9 Å². The zero-order chi connectivity index (χ0) is 13.8. The number of hydrogen-bond acceptors (Lipinski definition) is 1. The summed E-state index contributed by atoms with van der Waals surface area (Å²) in [6.07, 6.45) is 9.49. The number of likely N-dealkylation sites (tertiary alicyclic amines) is 1. The first-order valence-corrected chi connectivity index (χ1v) is 6.62. The van der Waals surface area contributed by atoms with E-state index in [2.05, 4.69) is 31.9 Å². The van der Waals surface area contributed by atoms with Gasteiger partial charge in [0.1, 0.15) is 0 Å². The average molecular weight is 253 g/mol. The second-order valence-corrected chi connectivity index (χ2v) is 5.20. The minimum Gasteiger partial charge on any atom is -0.324 e. The molecule has 2 heteroatoms.